The van der Waals surface area contributed by atoms with Crippen LogP contribution in [0.1, 0.15) is 18.4 Å². The average molecular weight is 257 g/mol. The van der Waals surface area contributed by atoms with Gasteiger partial charge in [0.2, 0.25) is 0 Å². The molecule has 1 saturated carbocycles. The lowest BCUT2D eigenvalue weighted by Crippen LogP contribution is -2.62. The van der Waals surface area contributed by atoms with Gasteiger partial charge in [-0.3, -0.25) is 0 Å². The Hall–Kier alpha value is -1.23. The highest BCUT2D eigenvalue weighted by molar-refractivity contribution is 5.30. The molecule has 1 N–H and O–H groups in total. The monoisotopic (exact) mass is 257 g/mol. The molecule has 3 rings (SSSR count). The van der Waals surface area contributed by atoms with E-state index in [1.165, 1.54) is 6.07 Å². The fourth-order valence-electron chi connectivity index (χ4n) is 2.69. The normalized spacial score (nSPS) is 22.4. The van der Waals surface area contributed by atoms with Crippen molar-refractivity contribution in [1.29, 1.82) is 0 Å². The van der Waals surface area contributed by atoms with Crippen LogP contribution in [0.2, 0.25) is 0 Å². The molecule has 0 atom stereocenters. The van der Waals surface area contributed by atoms with Gasteiger partial charge in [0.05, 0.1) is 11.7 Å². The molecule has 1 heterocycles. The highest BCUT2D eigenvalue weighted by Gasteiger charge is 2.49. The van der Waals surface area contributed by atoms with E-state index in [9.17, 15) is 13.2 Å². The molecule has 1 spiro atoms. The summed E-state index contributed by atoms with van der Waals surface area (Å²) < 4.78 is 43.2. The van der Waals surface area contributed by atoms with Crippen LogP contribution >= 0.6 is 0 Å². The van der Waals surface area contributed by atoms with E-state index in [4.69, 9.17) is 4.74 Å². The van der Waals surface area contributed by atoms with E-state index in [0.717, 1.165) is 38.1 Å². The molecule has 98 valence electrons. The van der Waals surface area contributed by atoms with Gasteiger partial charge in [-0.2, -0.15) is 13.2 Å². The molecular formula is C13H14F3NO. The van der Waals surface area contributed by atoms with Crippen LogP contribution in [0.3, 0.4) is 0 Å². The van der Waals surface area contributed by atoms with Crippen LogP contribution in [0.4, 0.5) is 13.2 Å². The molecule has 0 unspecified atom stereocenters. The Kier molecular flexibility index (Phi) is 2.55. The number of alkyl halides is 3. The van der Waals surface area contributed by atoms with Crippen LogP contribution in [-0.4, -0.2) is 19.2 Å². The van der Waals surface area contributed by atoms with Gasteiger partial charge in [0, 0.05) is 18.5 Å². The summed E-state index contributed by atoms with van der Waals surface area (Å²) in [7, 11) is 0. The lowest BCUT2D eigenvalue weighted by Gasteiger charge is -2.53. The molecule has 2 aliphatic rings. The van der Waals surface area contributed by atoms with E-state index in [0.29, 0.717) is 11.2 Å². The van der Waals surface area contributed by atoms with E-state index < -0.39 is 11.7 Å². The van der Waals surface area contributed by atoms with Gasteiger partial charge in [-0.05, 0) is 31.0 Å². The second-order valence-electron chi connectivity index (χ2n) is 5.28. The predicted molar refractivity (Wildman–Crippen MR) is 60.4 cm³/mol. The molecule has 0 bridgehead atoms. The average Bonchev–Trinajstić information content (AvgIpc) is 2.19. The maximum atomic E-state index is 12.5. The van der Waals surface area contributed by atoms with Gasteiger partial charge in [0.15, 0.2) is 0 Å². The van der Waals surface area contributed by atoms with Crippen LogP contribution < -0.4 is 10.1 Å². The van der Waals surface area contributed by atoms with Crippen molar-refractivity contribution in [2.75, 3.05) is 13.1 Å². The SMILES string of the molecule is FC(F)(F)c1cccc(OC2CC3(CNC3)C2)c1. The van der Waals surface area contributed by atoms with E-state index >= 15 is 0 Å². The van der Waals surface area contributed by atoms with Crippen molar-refractivity contribution >= 4 is 0 Å². The molecule has 1 saturated heterocycles. The van der Waals surface area contributed by atoms with Crippen LogP contribution in [0.25, 0.3) is 0 Å². The second-order valence-corrected chi connectivity index (χ2v) is 5.28. The van der Waals surface area contributed by atoms with Gasteiger partial charge in [-0.1, -0.05) is 6.07 Å². The first-order chi connectivity index (χ1) is 8.47. The van der Waals surface area contributed by atoms with E-state index in [1.54, 1.807) is 6.07 Å². The number of ether oxygens (including phenoxy) is 1. The zero-order chi connectivity index (χ0) is 12.8. The molecule has 1 aromatic rings. The van der Waals surface area contributed by atoms with E-state index in [2.05, 4.69) is 5.32 Å². The largest absolute Gasteiger partial charge is 0.490 e. The minimum atomic E-state index is -4.31. The third-order valence-electron chi connectivity index (χ3n) is 3.79. The number of halogens is 3. The first kappa shape index (κ1) is 11.8. The van der Waals surface area contributed by atoms with Crippen LogP contribution in [0.5, 0.6) is 5.75 Å². The van der Waals surface area contributed by atoms with Crippen molar-refractivity contribution in [1.82, 2.24) is 5.32 Å². The predicted octanol–water partition coefficient (Wildman–Crippen LogP) is 2.84. The maximum Gasteiger partial charge on any atom is 0.416 e. The fraction of sp³-hybridized carbons (Fsp3) is 0.538. The Balaban J connectivity index is 1.63. The Morgan fingerprint density at radius 3 is 2.50 bits per heavy atom. The van der Waals surface area contributed by atoms with Gasteiger partial charge < -0.3 is 10.1 Å². The smallest absolute Gasteiger partial charge is 0.416 e. The number of hydrogen-bond acceptors (Lipinski definition) is 2. The summed E-state index contributed by atoms with van der Waals surface area (Å²) in [6.45, 7) is 2.02. The van der Waals surface area contributed by atoms with Crippen LogP contribution in [0, 0.1) is 5.41 Å². The molecule has 0 radical (unpaired) electrons. The minimum absolute atomic E-state index is 0.0654. The second kappa shape index (κ2) is 3.88. The lowest BCUT2D eigenvalue weighted by atomic mass is 9.63. The Bertz CT molecular complexity index is 446. The molecule has 1 aliphatic carbocycles. The van der Waals surface area contributed by atoms with Crippen molar-refractivity contribution in [2.45, 2.75) is 25.1 Å². The van der Waals surface area contributed by atoms with Gasteiger partial charge >= 0.3 is 6.18 Å². The van der Waals surface area contributed by atoms with Crippen molar-refractivity contribution < 1.29 is 17.9 Å². The minimum Gasteiger partial charge on any atom is -0.490 e. The van der Waals surface area contributed by atoms with Crippen molar-refractivity contribution in [3.05, 3.63) is 29.8 Å². The van der Waals surface area contributed by atoms with Crippen molar-refractivity contribution in [2.24, 2.45) is 5.41 Å². The van der Waals surface area contributed by atoms with Crippen LogP contribution in [0.15, 0.2) is 24.3 Å². The Morgan fingerprint density at radius 1 is 1.22 bits per heavy atom. The molecule has 0 amide bonds. The molecule has 18 heavy (non-hydrogen) atoms. The first-order valence-corrected chi connectivity index (χ1v) is 6.02. The molecular weight excluding hydrogens is 243 g/mol. The summed E-state index contributed by atoms with van der Waals surface area (Å²) in [5.41, 5.74) is -0.286. The summed E-state index contributed by atoms with van der Waals surface area (Å²) in [6, 6.07) is 5.10. The van der Waals surface area contributed by atoms with Crippen molar-refractivity contribution in [3.8, 4) is 5.75 Å². The summed E-state index contributed by atoms with van der Waals surface area (Å²) in [4.78, 5) is 0. The molecule has 1 aromatic carbocycles. The number of nitrogens with one attached hydrogen (secondary N) is 1. The number of rotatable bonds is 2. The first-order valence-electron chi connectivity index (χ1n) is 6.02. The topological polar surface area (TPSA) is 21.3 Å². The van der Waals surface area contributed by atoms with Gasteiger partial charge in [-0.25, -0.2) is 0 Å². The third kappa shape index (κ3) is 2.07. The van der Waals surface area contributed by atoms with E-state index in [-0.39, 0.29) is 6.10 Å². The summed E-state index contributed by atoms with van der Waals surface area (Å²) in [5, 5.41) is 3.21. The quantitative estimate of drug-likeness (QED) is 0.879. The summed E-state index contributed by atoms with van der Waals surface area (Å²) >= 11 is 0. The number of benzene rings is 1. The fourth-order valence-corrected chi connectivity index (χ4v) is 2.69. The molecule has 1 aliphatic heterocycles. The number of hydrogen-bond donors (Lipinski definition) is 1. The lowest BCUT2D eigenvalue weighted by molar-refractivity contribution is -0.137. The molecule has 5 heteroatoms. The molecule has 2 nitrogen and oxygen atoms in total. The molecule has 2 fully saturated rings. The van der Waals surface area contributed by atoms with Gasteiger partial charge in [-0.15, -0.1) is 0 Å². The van der Waals surface area contributed by atoms with Gasteiger partial charge in [0.1, 0.15) is 5.75 Å². The zero-order valence-electron chi connectivity index (χ0n) is 9.76. The zero-order valence-corrected chi connectivity index (χ0v) is 9.76. The maximum absolute atomic E-state index is 12.5. The van der Waals surface area contributed by atoms with E-state index in [1.807, 2.05) is 0 Å². The Labute approximate surface area is 103 Å². The van der Waals surface area contributed by atoms with Crippen molar-refractivity contribution in [3.63, 3.8) is 0 Å². The summed E-state index contributed by atoms with van der Waals surface area (Å²) in [6.07, 6.45) is -2.36. The summed E-state index contributed by atoms with van der Waals surface area (Å²) in [5.74, 6) is 0.317. The highest BCUT2D eigenvalue weighted by atomic mass is 19.4. The molecule has 0 aromatic heterocycles. The standard InChI is InChI=1S/C13H14F3NO/c14-13(15,16)9-2-1-3-10(4-9)18-11-5-12(6-11)7-17-8-12/h1-4,11,17H,5-8H2. The Morgan fingerprint density at radius 2 is 1.94 bits per heavy atom. The van der Waals surface area contributed by atoms with Gasteiger partial charge in [0.25, 0.3) is 0 Å². The highest BCUT2D eigenvalue weighted by Crippen LogP contribution is 2.46. The van der Waals surface area contributed by atoms with Crippen LogP contribution in [-0.2, 0) is 6.18 Å². The third-order valence-corrected chi connectivity index (χ3v) is 3.79.